The zero-order chi connectivity index (χ0) is 16.5. The van der Waals surface area contributed by atoms with E-state index in [9.17, 15) is 4.79 Å². The predicted octanol–water partition coefficient (Wildman–Crippen LogP) is 1.67. The summed E-state index contributed by atoms with van der Waals surface area (Å²) in [4.78, 5) is 22.1. The molecule has 1 fully saturated rings. The molecule has 1 unspecified atom stereocenters. The van der Waals surface area contributed by atoms with E-state index in [1.54, 1.807) is 19.5 Å². The first-order valence-corrected chi connectivity index (χ1v) is 7.94. The topological polar surface area (TPSA) is 76.7 Å². The third kappa shape index (κ3) is 2.71. The second-order valence-electron chi connectivity index (χ2n) is 5.99. The highest BCUT2D eigenvalue weighted by molar-refractivity contribution is 5.79. The molecule has 2 aliphatic rings. The minimum Gasteiger partial charge on any atom is -0.454 e. The fourth-order valence-corrected chi connectivity index (χ4v) is 3.29. The number of benzene rings is 1. The fraction of sp³-hybridized carbons (Fsp3) is 0.412. The number of methoxy groups -OCH3 is 1. The number of aromatic nitrogens is 2. The minimum absolute atomic E-state index is 0.0285. The van der Waals surface area contributed by atoms with Crippen LogP contribution in [0.1, 0.15) is 23.9 Å². The van der Waals surface area contributed by atoms with Gasteiger partial charge in [0.05, 0.1) is 18.6 Å². The van der Waals surface area contributed by atoms with Crippen molar-refractivity contribution in [3.8, 4) is 11.5 Å². The van der Waals surface area contributed by atoms with Gasteiger partial charge in [0.25, 0.3) is 0 Å². The molecule has 1 aromatic heterocycles. The van der Waals surface area contributed by atoms with E-state index in [4.69, 9.17) is 14.2 Å². The van der Waals surface area contributed by atoms with Crippen LogP contribution in [0.15, 0.2) is 30.6 Å². The normalized spacial score (nSPS) is 22.1. The molecule has 1 N–H and O–H groups in total. The average molecular weight is 329 g/mol. The van der Waals surface area contributed by atoms with Gasteiger partial charge in [-0.15, -0.1) is 0 Å². The van der Waals surface area contributed by atoms with Gasteiger partial charge in [0.1, 0.15) is 5.82 Å². The quantitative estimate of drug-likeness (QED) is 0.923. The Morgan fingerprint density at radius 3 is 3.08 bits per heavy atom. The molecule has 126 valence electrons. The summed E-state index contributed by atoms with van der Waals surface area (Å²) in [5.74, 6) is 2.27. The maximum atomic E-state index is 12.8. The van der Waals surface area contributed by atoms with Crippen LogP contribution < -0.4 is 9.47 Å². The second kappa shape index (κ2) is 6.16. The Bertz CT molecular complexity index is 731. The van der Waals surface area contributed by atoms with Crippen LogP contribution in [-0.2, 0) is 16.0 Å². The van der Waals surface area contributed by atoms with E-state index in [-0.39, 0.29) is 24.8 Å². The third-order valence-electron chi connectivity index (χ3n) is 4.54. The molecule has 2 aromatic rings. The highest BCUT2D eigenvalue weighted by Crippen LogP contribution is 2.34. The molecule has 4 rings (SSSR count). The minimum atomic E-state index is -0.0774. The van der Waals surface area contributed by atoms with Gasteiger partial charge >= 0.3 is 0 Å². The van der Waals surface area contributed by atoms with Crippen LogP contribution in [0.3, 0.4) is 0 Å². The first kappa shape index (κ1) is 15.0. The van der Waals surface area contributed by atoms with Crippen molar-refractivity contribution < 1.29 is 19.0 Å². The second-order valence-corrected chi connectivity index (χ2v) is 5.99. The van der Waals surface area contributed by atoms with Crippen molar-refractivity contribution in [3.05, 3.63) is 42.0 Å². The number of hydrogen-bond donors (Lipinski definition) is 1. The zero-order valence-corrected chi connectivity index (χ0v) is 13.4. The van der Waals surface area contributed by atoms with E-state index in [1.165, 1.54) is 0 Å². The molecule has 1 saturated heterocycles. The summed E-state index contributed by atoms with van der Waals surface area (Å²) < 4.78 is 16.1. The van der Waals surface area contributed by atoms with Crippen molar-refractivity contribution in [3.63, 3.8) is 0 Å². The van der Waals surface area contributed by atoms with Crippen LogP contribution in [-0.4, -0.2) is 47.3 Å². The van der Waals surface area contributed by atoms with Crippen molar-refractivity contribution in [2.24, 2.45) is 0 Å². The largest absolute Gasteiger partial charge is 0.454 e. The molecule has 3 heterocycles. The molecule has 0 saturated carbocycles. The van der Waals surface area contributed by atoms with Gasteiger partial charge in [-0.1, -0.05) is 6.07 Å². The molecule has 24 heavy (non-hydrogen) atoms. The molecule has 1 amide bonds. The van der Waals surface area contributed by atoms with Crippen LogP contribution in [0.2, 0.25) is 0 Å². The number of carbonyl (C=O) groups is 1. The predicted molar refractivity (Wildman–Crippen MR) is 84.7 cm³/mol. The molecule has 1 aromatic carbocycles. The lowest BCUT2D eigenvalue weighted by Gasteiger charge is -2.23. The van der Waals surface area contributed by atoms with E-state index in [0.29, 0.717) is 18.7 Å². The molecular formula is C17H19N3O4. The van der Waals surface area contributed by atoms with Crippen LogP contribution in [0.25, 0.3) is 0 Å². The number of ether oxygens (including phenoxy) is 3. The molecular weight excluding hydrogens is 310 g/mol. The van der Waals surface area contributed by atoms with Crippen molar-refractivity contribution in [1.29, 1.82) is 0 Å². The first-order chi connectivity index (χ1) is 11.7. The van der Waals surface area contributed by atoms with Crippen molar-refractivity contribution in [2.75, 3.05) is 20.4 Å². The van der Waals surface area contributed by atoms with Crippen LogP contribution in [0.4, 0.5) is 0 Å². The lowest BCUT2D eigenvalue weighted by atomic mass is 10.1. The Hall–Kier alpha value is -2.54. The van der Waals surface area contributed by atoms with E-state index in [2.05, 4.69) is 9.97 Å². The molecule has 0 spiro atoms. The van der Waals surface area contributed by atoms with E-state index in [0.717, 1.165) is 23.6 Å². The van der Waals surface area contributed by atoms with Gasteiger partial charge in [0.15, 0.2) is 11.5 Å². The number of aromatic amines is 1. The van der Waals surface area contributed by atoms with Crippen molar-refractivity contribution in [1.82, 2.24) is 14.9 Å². The van der Waals surface area contributed by atoms with Crippen LogP contribution in [0, 0.1) is 0 Å². The van der Waals surface area contributed by atoms with Gasteiger partial charge in [-0.3, -0.25) is 4.79 Å². The molecule has 0 radical (unpaired) electrons. The van der Waals surface area contributed by atoms with Crippen molar-refractivity contribution in [2.45, 2.75) is 25.0 Å². The Labute approximate surface area is 139 Å². The summed E-state index contributed by atoms with van der Waals surface area (Å²) >= 11 is 0. The summed E-state index contributed by atoms with van der Waals surface area (Å²) in [6.45, 7) is 0.806. The lowest BCUT2D eigenvalue weighted by Crippen LogP contribution is -2.33. The highest BCUT2D eigenvalue weighted by atomic mass is 16.7. The van der Waals surface area contributed by atoms with E-state index < -0.39 is 0 Å². The summed E-state index contributed by atoms with van der Waals surface area (Å²) in [7, 11) is 1.68. The third-order valence-corrected chi connectivity index (χ3v) is 4.54. The zero-order valence-electron chi connectivity index (χ0n) is 13.4. The van der Waals surface area contributed by atoms with Gasteiger partial charge in [0.2, 0.25) is 12.7 Å². The molecule has 0 aliphatic carbocycles. The van der Waals surface area contributed by atoms with Gasteiger partial charge < -0.3 is 24.1 Å². The number of nitrogens with one attached hydrogen (secondary N) is 1. The van der Waals surface area contributed by atoms with Gasteiger partial charge in [-0.25, -0.2) is 4.98 Å². The molecule has 2 aliphatic heterocycles. The molecule has 2 atom stereocenters. The number of H-pyrrole nitrogens is 1. The highest BCUT2D eigenvalue weighted by Gasteiger charge is 2.37. The number of likely N-dealkylation sites (tertiary alicyclic amines) is 1. The van der Waals surface area contributed by atoms with Gasteiger partial charge in [-0.05, 0) is 17.7 Å². The maximum Gasteiger partial charge on any atom is 0.231 e. The van der Waals surface area contributed by atoms with Crippen LogP contribution >= 0.6 is 0 Å². The monoisotopic (exact) mass is 329 g/mol. The number of amides is 1. The SMILES string of the molecule is CO[C@@H]1CC(c2ncc[nH]2)N(C(=O)Cc2ccc3c(c2)OCO3)C1. The Balaban J connectivity index is 1.52. The Morgan fingerprint density at radius 2 is 2.29 bits per heavy atom. The Kier molecular flexibility index (Phi) is 3.86. The standard InChI is InChI=1S/C17H19N3O4/c1-22-12-8-13(17-18-4-5-19-17)20(9-12)16(21)7-11-2-3-14-15(6-11)24-10-23-14/h2-6,12-13H,7-10H2,1H3,(H,18,19)/t12-,13?/m1/s1. The van der Waals surface area contributed by atoms with Gasteiger partial charge in [0, 0.05) is 32.5 Å². The number of rotatable bonds is 4. The van der Waals surface area contributed by atoms with Crippen LogP contribution in [0.5, 0.6) is 11.5 Å². The molecule has 7 heteroatoms. The number of nitrogens with zero attached hydrogens (tertiary/aromatic N) is 2. The molecule has 7 nitrogen and oxygen atoms in total. The number of imidazole rings is 1. The van der Waals surface area contributed by atoms with E-state index in [1.807, 2.05) is 23.1 Å². The maximum absolute atomic E-state index is 12.8. The number of hydrogen-bond acceptors (Lipinski definition) is 5. The Morgan fingerprint density at radius 1 is 1.42 bits per heavy atom. The number of fused-ring (bicyclic) bond motifs is 1. The average Bonchev–Trinajstić information content (AvgIpc) is 3.33. The summed E-state index contributed by atoms with van der Waals surface area (Å²) in [6.07, 6.45) is 4.56. The summed E-state index contributed by atoms with van der Waals surface area (Å²) in [5.41, 5.74) is 0.906. The number of carbonyl (C=O) groups excluding carboxylic acids is 1. The molecule has 0 bridgehead atoms. The van der Waals surface area contributed by atoms with Crippen molar-refractivity contribution >= 4 is 5.91 Å². The van der Waals surface area contributed by atoms with E-state index >= 15 is 0 Å². The lowest BCUT2D eigenvalue weighted by molar-refractivity contribution is -0.131. The first-order valence-electron chi connectivity index (χ1n) is 7.94. The summed E-state index contributed by atoms with van der Waals surface area (Å²) in [6, 6.07) is 5.53. The summed E-state index contributed by atoms with van der Waals surface area (Å²) in [5, 5.41) is 0. The van der Waals surface area contributed by atoms with Gasteiger partial charge in [-0.2, -0.15) is 0 Å². The smallest absolute Gasteiger partial charge is 0.231 e. The fourth-order valence-electron chi connectivity index (χ4n) is 3.29.